The molecule has 1 aliphatic carbocycles. The SMILES string of the molecule is Cn1nnc([C@@H]2CCC(n3cnc4c5[nH]c(CO)cc5c(Cl)nc43)C2)n1. The highest BCUT2D eigenvalue weighted by molar-refractivity contribution is 6.35. The number of aliphatic hydroxyl groups is 1. The van der Waals surface area contributed by atoms with Crippen molar-refractivity contribution in [3.8, 4) is 0 Å². The fraction of sp³-hybridized carbons (Fsp3) is 0.438. The third-order valence-electron chi connectivity index (χ3n) is 5.16. The molecule has 4 heterocycles. The van der Waals surface area contributed by atoms with Crippen LogP contribution in [0.1, 0.15) is 42.7 Å². The van der Waals surface area contributed by atoms with Crippen LogP contribution in [-0.4, -0.2) is 44.8 Å². The van der Waals surface area contributed by atoms with E-state index in [4.69, 9.17) is 11.6 Å². The van der Waals surface area contributed by atoms with Crippen molar-refractivity contribution in [2.24, 2.45) is 7.05 Å². The van der Waals surface area contributed by atoms with Gasteiger partial charge in [0, 0.05) is 23.0 Å². The van der Waals surface area contributed by atoms with E-state index in [0.29, 0.717) is 10.8 Å². The number of H-pyrrole nitrogens is 1. The minimum atomic E-state index is -0.0807. The first kappa shape index (κ1) is 15.7. The standard InChI is InChI=1S/C16H17ClN8O/c1-24-22-15(21-23-24)8-2-3-10(4-8)25-7-18-13-12-11(5-9(6-26)19-12)14(17)20-16(13)25/h5,7-8,10,19,26H,2-4,6H2,1H3/t8-,10?/m1/s1. The molecule has 1 unspecified atom stereocenters. The average molecular weight is 373 g/mol. The van der Waals surface area contributed by atoms with Gasteiger partial charge in [-0.2, -0.15) is 4.80 Å². The number of rotatable bonds is 3. The lowest BCUT2D eigenvalue weighted by Crippen LogP contribution is -2.06. The Morgan fingerprint density at radius 2 is 2.27 bits per heavy atom. The van der Waals surface area contributed by atoms with Gasteiger partial charge < -0.3 is 14.7 Å². The van der Waals surface area contributed by atoms with Crippen molar-refractivity contribution in [2.75, 3.05) is 0 Å². The first-order valence-electron chi connectivity index (χ1n) is 8.52. The van der Waals surface area contributed by atoms with Crippen LogP contribution in [0.3, 0.4) is 0 Å². The third-order valence-corrected chi connectivity index (χ3v) is 5.45. The Balaban J connectivity index is 1.54. The maximum absolute atomic E-state index is 9.38. The molecule has 2 N–H and O–H groups in total. The van der Waals surface area contributed by atoms with Gasteiger partial charge in [0.25, 0.3) is 0 Å². The Morgan fingerprint density at radius 3 is 3.04 bits per heavy atom. The maximum atomic E-state index is 9.38. The van der Waals surface area contributed by atoms with Gasteiger partial charge in [-0.05, 0) is 30.5 Å². The van der Waals surface area contributed by atoms with Crippen LogP contribution in [0.25, 0.3) is 22.1 Å². The van der Waals surface area contributed by atoms with Gasteiger partial charge in [0.1, 0.15) is 10.7 Å². The summed E-state index contributed by atoms with van der Waals surface area (Å²) >= 11 is 6.38. The molecule has 1 aliphatic rings. The predicted octanol–water partition coefficient (Wildman–Crippen LogP) is 2.09. The zero-order chi connectivity index (χ0) is 17.8. The second-order valence-electron chi connectivity index (χ2n) is 6.77. The van der Waals surface area contributed by atoms with Crippen LogP contribution in [0.2, 0.25) is 5.15 Å². The number of nitrogens with zero attached hydrogens (tertiary/aromatic N) is 7. The molecular weight excluding hydrogens is 356 g/mol. The molecule has 0 aromatic carbocycles. The third kappa shape index (κ3) is 2.31. The minimum Gasteiger partial charge on any atom is -0.390 e. The van der Waals surface area contributed by atoms with E-state index in [1.807, 2.05) is 12.4 Å². The number of pyridine rings is 1. The van der Waals surface area contributed by atoms with Gasteiger partial charge in [0.15, 0.2) is 11.5 Å². The molecule has 0 amide bonds. The Morgan fingerprint density at radius 1 is 1.38 bits per heavy atom. The van der Waals surface area contributed by atoms with Gasteiger partial charge in [-0.1, -0.05) is 11.6 Å². The lowest BCUT2D eigenvalue weighted by atomic mass is 10.1. The van der Waals surface area contributed by atoms with Crippen LogP contribution in [-0.2, 0) is 13.7 Å². The molecule has 0 aliphatic heterocycles. The van der Waals surface area contributed by atoms with Crippen molar-refractivity contribution in [3.05, 3.63) is 29.1 Å². The molecule has 9 nitrogen and oxygen atoms in total. The summed E-state index contributed by atoms with van der Waals surface area (Å²) in [5.74, 6) is 1.08. The van der Waals surface area contributed by atoms with Gasteiger partial charge in [-0.3, -0.25) is 0 Å². The van der Waals surface area contributed by atoms with Gasteiger partial charge in [0.2, 0.25) is 0 Å². The number of hydrogen-bond acceptors (Lipinski definition) is 6. The van der Waals surface area contributed by atoms with Crippen LogP contribution < -0.4 is 0 Å². The largest absolute Gasteiger partial charge is 0.390 e. The van der Waals surface area contributed by atoms with Gasteiger partial charge in [-0.15, -0.1) is 10.2 Å². The van der Waals surface area contributed by atoms with E-state index in [-0.39, 0.29) is 18.6 Å². The molecule has 0 saturated heterocycles. The molecule has 26 heavy (non-hydrogen) atoms. The van der Waals surface area contributed by atoms with Crippen LogP contribution in [0, 0.1) is 0 Å². The molecule has 0 bridgehead atoms. The zero-order valence-corrected chi connectivity index (χ0v) is 14.8. The maximum Gasteiger partial charge on any atom is 0.177 e. The van der Waals surface area contributed by atoms with E-state index in [1.54, 1.807) is 7.05 Å². The van der Waals surface area contributed by atoms with Crippen molar-refractivity contribution in [2.45, 2.75) is 37.8 Å². The summed E-state index contributed by atoms with van der Waals surface area (Å²) in [7, 11) is 1.78. The molecule has 4 aromatic rings. The van der Waals surface area contributed by atoms with Gasteiger partial charge in [0.05, 0.1) is 25.5 Å². The van der Waals surface area contributed by atoms with Crippen molar-refractivity contribution in [3.63, 3.8) is 0 Å². The first-order chi connectivity index (χ1) is 12.6. The summed E-state index contributed by atoms with van der Waals surface area (Å²) in [5.41, 5.74) is 3.03. The van der Waals surface area contributed by atoms with E-state index >= 15 is 0 Å². The Hall–Kier alpha value is -2.52. The normalized spacial score (nSPS) is 20.6. The topological polar surface area (TPSA) is 110 Å². The van der Waals surface area contributed by atoms with Crippen molar-refractivity contribution >= 4 is 33.7 Å². The number of imidazole rings is 1. The van der Waals surface area contributed by atoms with Gasteiger partial charge in [-0.25, -0.2) is 9.97 Å². The fourth-order valence-electron chi connectivity index (χ4n) is 3.91. The Bertz CT molecular complexity index is 1110. The molecule has 2 atom stereocenters. The smallest absolute Gasteiger partial charge is 0.177 e. The summed E-state index contributed by atoms with van der Waals surface area (Å²) < 4.78 is 2.09. The lowest BCUT2D eigenvalue weighted by Gasteiger charge is -2.12. The summed E-state index contributed by atoms with van der Waals surface area (Å²) in [6.07, 6.45) is 4.74. The van der Waals surface area contributed by atoms with E-state index < -0.39 is 0 Å². The second-order valence-corrected chi connectivity index (χ2v) is 7.13. The molecular formula is C16H17ClN8O. The number of halogens is 1. The molecule has 5 rings (SSSR count). The summed E-state index contributed by atoms with van der Waals surface area (Å²) in [6, 6.07) is 2.08. The highest BCUT2D eigenvalue weighted by Gasteiger charge is 2.31. The number of aryl methyl sites for hydroxylation is 1. The number of aromatic nitrogens is 8. The van der Waals surface area contributed by atoms with E-state index in [9.17, 15) is 5.11 Å². The monoisotopic (exact) mass is 372 g/mol. The average Bonchev–Trinajstić information content (AvgIpc) is 3.39. The quantitative estimate of drug-likeness (QED) is 0.533. The van der Waals surface area contributed by atoms with Crippen LogP contribution in [0.15, 0.2) is 12.4 Å². The molecule has 1 saturated carbocycles. The molecule has 1 fully saturated rings. The van der Waals surface area contributed by atoms with E-state index in [1.165, 1.54) is 4.80 Å². The molecule has 0 spiro atoms. The highest BCUT2D eigenvalue weighted by atomic mass is 35.5. The molecule has 10 heteroatoms. The second kappa shape index (κ2) is 5.75. The zero-order valence-electron chi connectivity index (χ0n) is 14.1. The number of aliphatic hydroxyl groups excluding tert-OH is 1. The number of tetrazole rings is 1. The van der Waals surface area contributed by atoms with Crippen LogP contribution >= 0.6 is 11.6 Å². The Labute approximate surface area is 153 Å². The number of nitrogens with one attached hydrogen (secondary N) is 1. The van der Waals surface area contributed by atoms with Crippen LogP contribution in [0.5, 0.6) is 0 Å². The summed E-state index contributed by atoms with van der Waals surface area (Å²) in [6.45, 7) is -0.0807. The van der Waals surface area contributed by atoms with Crippen LogP contribution in [0.4, 0.5) is 0 Å². The van der Waals surface area contributed by atoms with E-state index in [0.717, 1.165) is 47.2 Å². The van der Waals surface area contributed by atoms with Crippen molar-refractivity contribution in [1.82, 2.24) is 39.7 Å². The Kier molecular flexibility index (Phi) is 3.47. The van der Waals surface area contributed by atoms with Crippen molar-refractivity contribution < 1.29 is 5.11 Å². The lowest BCUT2D eigenvalue weighted by molar-refractivity contribution is 0.278. The number of hydrogen-bond donors (Lipinski definition) is 2. The molecule has 134 valence electrons. The molecule has 0 radical (unpaired) electrons. The summed E-state index contributed by atoms with van der Waals surface area (Å²) in [4.78, 5) is 13.8. The number of fused-ring (bicyclic) bond motifs is 3. The molecule has 4 aromatic heterocycles. The van der Waals surface area contributed by atoms with Gasteiger partial charge >= 0.3 is 0 Å². The fourth-order valence-corrected chi connectivity index (χ4v) is 4.14. The highest BCUT2D eigenvalue weighted by Crippen LogP contribution is 2.41. The number of aromatic amines is 1. The van der Waals surface area contributed by atoms with E-state index in [2.05, 4.69) is 34.9 Å². The predicted molar refractivity (Wildman–Crippen MR) is 94.7 cm³/mol. The minimum absolute atomic E-state index is 0.0807. The van der Waals surface area contributed by atoms with Crippen molar-refractivity contribution in [1.29, 1.82) is 0 Å². The first-order valence-corrected chi connectivity index (χ1v) is 8.90. The summed E-state index contributed by atoms with van der Waals surface area (Å²) in [5, 5.41) is 23.0.